The largest absolute Gasteiger partial charge is 0.351 e. The van der Waals surface area contributed by atoms with Crippen LogP contribution in [0, 0.1) is 6.92 Å². The second-order valence-electron chi connectivity index (χ2n) is 6.20. The summed E-state index contributed by atoms with van der Waals surface area (Å²) < 4.78 is 5.07. The lowest BCUT2D eigenvalue weighted by Gasteiger charge is -2.23. The van der Waals surface area contributed by atoms with E-state index in [1.807, 2.05) is 13.8 Å². The van der Waals surface area contributed by atoms with Crippen LogP contribution in [0.1, 0.15) is 66.4 Å². The summed E-state index contributed by atoms with van der Waals surface area (Å²) in [6.45, 7) is 6.35. The fraction of sp³-hybridized carbons (Fsp3) is 0.500. The molecule has 122 valence electrons. The van der Waals surface area contributed by atoms with Crippen LogP contribution in [0.2, 0.25) is 0 Å². The number of hydrogen-bond donors (Lipinski definition) is 1. The molecular weight excluding hydrogens is 296 g/mol. The van der Waals surface area contributed by atoms with Crippen molar-refractivity contribution in [3.05, 3.63) is 45.5 Å². The molecule has 3 rings (SSSR count). The molecule has 1 saturated heterocycles. The quantitative estimate of drug-likeness (QED) is 0.937. The lowest BCUT2D eigenvalue weighted by Crippen LogP contribution is -2.32. The van der Waals surface area contributed by atoms with Crippen molar-refractivity contribution in [2.75, 3.05) is 6.54 Å². The molecule has 1 aliphatic rings. The van der Waals surface area contributed by atoms with Crippen LogP contribution < -0.4 is 5.56 Å². The Hall–Kier alpha value is -2.44. The molecule has 1 aliphatic heterocycles. The maximum atomic E-state index is 12.6. The Kier molecular flexibility index (Phi) is 4.02. The van der Waals surface area contributed by atoms with E-state index in [-0.39, 0.29) is 29.2 Å². The first kappa shape index (κ1) is 15.5. The van der Waals surface area contributed by atoms with Crippen molar-refractivity contribution in [3.63, 3.8) is 0 Å². The van der Waals surface area contributed by atoms with E-state index < -0.39 is 0 Å². The van der Waals surface area contributed by atoms with Crippen LogP contribution in [0.4, 0.5) is 0 Å². The number of nitrogens with one attached hydrogen (secondary N) is 1. The standard InChI is InChI=1S/C16H20N4O3/c1-9(2)11-8-14(21)18-15(17-11)12-5-4-6-20(12)16(22)13-7-10(3)19-23-13/h7-9,12H,4-6H2,1-3H3,(H,17,18,21)/t12-/m0/s1. The lowest BCUT2D eigenvalue weighted by atomic mass is 10.1. The van der Waals surface area contributed by atoms with Gasteiger partial charge in [0, 0.05) is 18.7 Å². The minimum atomic E-state index is -0.237. The van der Waals surface area contributed by atoms with E-state index in [1.165, 1.54) is 6.07 Å². The Morgan fingerprint density at radius 3 is 2.87 bits per heavy atom. The molecule has 0 aromatic carbocycles. The average molecular weight is 316 g/mol. The third kappa shape index (κ3) is 3.04. The van der Waals surface area contributed by atoms with Crippen molar-refractivity contribution in [3.8, 4) is 0 Å². The molecule has 0 unspecified atom stereocenters. The number of aromatic nitrogens is 3. The van der Waals surface area contributed by atoms with Gasteiger partial charge in [-0.15, -0.1) is 0 Å². The highest BCUT2D eigenvalue weighted by molar-refractivity contribution is 5.91. The van der Waals surface area contributed by atoms with Crippen molar-refractivity contribution < 1.29 is 9.32 Å². The Balaban J connectivity index is 1.93. The number of carbonyl (C=O) groups excluding carboxylic acids is 1. The van der Waals surface area contributed by atoms with Gasteiger partial charge in [0.25, 0.3) is 11.5 Å². The number of likely N-dealkylation sites (tertiary alicyclic amines) is 1. The Morgan fingerprint density at radius 1 is 1.43 bits per heavy atom. The van der Waals surface area contributed by atoms with Crippen molar-refractivity contribution in [1.29, 1.82) is 0 Å². The van der Waals surface area contributed by atoms with Gasteiger partial charge in [-0.05, 0) is 25.7 Å². The second kappa shape index (κ2) is 5.98. The van der Waals surface area contributed by atoms with Gasteiger partial charge < -0.3 is 14.4 Å². The molecule has 1 atom stereocenters. The van der Waals surface area contributed by atoms with E-state index in [9.17, 15) is 9.59 Å². The molecule has 7 heteroatoms. The number of H-pyrrole nitrogens is 1. The van der Waals surface area contributed by atoms with Gasteiger partial charge in [-0.25, -0.2) is 4.98 Å². The van der Waals surface area contributed by atoms with Crippen LogP contribution >= 0.6 is 0 Å². The normalized spacial score (nSPS) is 17.9. The smallest absolute Gasteiger partial charge is 0.293 e. The Morgan fingerprint density at radius 2 is 2.22 bits per heavy atom. The number of carbonyl (C=O) groups is 1. The zero-order valence-electron chi connectivity index (χ0n) is 13.5. The van der Waals surface area contributed by atoms with Crippen LogP contribution in [0.5, 0.6) is 0 Å². The lowest BCUT2D eigenvalue weighted by molar-refractivity contribution is 0.0687. The van der Waals surface area contributed by atoms with Crippen LogP contribution in [0.15, 0.2) is 21.5 Å². The summed E-state index contributed by atoms with van der Waals surface area (Å²) in [7, 11) is 0. The van der Waals surface area contributed by atoms with E-state index in [4.69, 9.17) is 4.52 Å². The highest BCUT2D eigenvalue weighted by atomic mass is 16.5. The fourth-order valence-electron chi connectivity index (χ4n) is 2.85. The van der Waals surface area contributed by atoms with E-state index in [1.54, 1.807) is 17.9 Å². The summed E-state index contributed by atoms with van der Waals surface area (Å²) in [5.74, 6) is 0.698. The number of rotatable bonds is 3. The second-order valence-corrected chi connectivity index (χ2v) is 6.20. The monoisotopic (exact) mass is 316 g/mol. The van der Waals surface area contributed by atoms with Gasteiger partial charge in [-0.2, -0.15) is 0 Å². The summed E-state index contributed by atoms with van der Waals surface area (Å²) in [5.41, 5.74) is 1.21. The number of amides is 1. The molecule has 1 amide bonds. The molecule has 23 heavy (non-hydrogen) atoms. The zero-order chi connectivity index (χ0) is 16.6. The first-order valence-corrected chi connectivity index (χ1v) is 7.81. The van der Waals surface area contributed by atoms with Gasteiger partial charge in [-0.3, -0.25) is 9.59 Å². The zero-order valence-corrected chi connectivity index (χ0v) is 13.5. The molecule has 0 spiro atoms. The van der Waals surface area contributed by atoms with Crippen molar-refractivity contribution in [1.82, 2.24) is 20.0 Å². The predicted octanol–water partition coefficient (Wildman–Crippen LogP) is 2.17. The minimum absolute atomic E-state index is 0.151. The molecule has 0 bridgehead atoms. The first-order chi connectivity index (χ1) is 11.0. The van der Waals surface area contributed by atoms with Crippen molar-refractivity contribution in [2.24, 2.45) is 0 Å². The summed E-state index contributed by atoms with van der Waals surface area (Å²) in [6, 6.07) is 2.90. The minimum Gasteiger partial charge on any atom is -0.351 e. The van der Waals surface area contributed by atoms with E-state index in [0.717, 1.165) is 18.5 Å². The van der Waals surface area contributed by atoms with E-state index in [0.29, 0.717) is 18.1 Å². The summed E-state index contributed by atoms with van der Waals surface area (Å²) in [6.07, 6.45) is 1.63. The molecule has 1 N–H and O–H groups in total. The average Bonchev–Trinajstić information content (AvgIpc) is 3.14. The van der Waals surface area contributed by atoms with Crippen LogP contribution in [0.3, 0.4) is 0 Å². The summed E-state index contributed by atoms with van der Waals surface area (Å²) in [5, 5.41) is 3.76. The van der Waals surface area contributed by atoms with Gasteiger partial charge in [-0.1, -0.05) is 19.0 Å². The van der Waals surface area contributed by atoms with Crippen molar-refractivity contribution >= 4 is 5.91 Å². The Labute approximate surface area is 133 Å². The molecule has 2 aromatic heterocycles. The SMILES string of the molecule is Cc1cc(C(=O)N2CCC[C@H]2c2nc(C(C)C)cc(=O)[nH]2)on1. The molecule has 3 heterocycles. The molecule has 0 radical (unpaired) electrons. The highest BCUT2D eigenvalue weighted by Crippen LogP contribution is 2.31. The van der Waals surface area contributed by atoms with Crippen LogP contribution in [-0.2, 0) is 0 Å². The van der Waals surface area contributed by atoms with E-state index in [2.05, 4.69) is 15.1 Å². The maximum absolute atomic E-state index is 12.6. The third-order valence-corrected chi connectivity index (χ3v) is 4.04. The highest BCUT2D eigenvalue weighted by Gasteiger charge is 2.34. The van der Waals surface area contributed by atoms with Gasteiger partial charge in [0.15, 0.2) is 0 Å². The van der Waals surface area contributed by atoms with Crippen molar-refractivity contribution in [2.45, 2.75) is 45.6 Å². The molecule has 7 nitrogen and oxygen atoms in total. The van der Waals surface area contributed by atoms with Gasteiger partial charge in [0.05, 0.1) is 17.4 Å². The number of nitrogens with zero attached hydrogens (tertiary/aromatic N) is 3. The van der Waals surface area contributed by atoms with Gasteiger partial charge in [0.2, 0.25) is 5.76 Å². The third-order valence-electron chi connectivity index (χ3n) is 4.04. The maximum Gasteiger partial charge on any atom is 0.293 e. The van der Waals surface area contributed by atoms with Crippen LogP contribution in [0.25, 0.3) is 0 Å². The van der Waals surface area contributed by atoms with E-state index >= 15 is 0 Å². The summed E-state index contributed by atoms with van der Waals surface area (Å²) in [4.78, 5) is 33.5. The van der Waals surface area contributed by atoms with Crippen LogP contribution in [-0.4, -0.2) is 32.5 Å². The summed E-state index contributed by atoms with van der Waals surface area (Å²) >= 11 is 0. The Bertz CT molecular complexity index is 778. The molecule has 0 saturated carbocycles. The topological polar surface area (TPSA) is 92.1 Å². The number of hydrogen-bond acceptors (Lipinski definition) is 5. The molecule has 0 aliphatic carbocycles. The number of aromatic amines is 1. The van der Waals surface area contributed by atoms with Gasteiger partial charge >= 0.3 is 0 Å². The first-order valence-electron chi connectivity index (χ1n) is 7.81. The number of aryl methyl sites for hydroxylation is 1. The molecule has 1 fully saturated rings. The molecule has 2 aromatic rings. The van der Waals surface area contributed by atoms with Gasteiger partial charge in [0.1, 0.15) is 5.82 Å². The molecular formula is C16H20N4O3. The fourth-order valence-corrected chi connectivity index (χ4v) is 2.85. The predicted molar refractivity (Wildman–Crippen MR) is 83.2 cm³/mol.